The highest BCUT2D eigenvalue weighted by Gasteiger charge is 2.31. The average Bonchev–Trinajstić information content (AvgIpc) is 2.18. The summed E-state index contributed by atoms with van der Waals surface area (Å²) in [6.45, 7) is -0.340. The van der Waals surface area contributed by atoms with Crippen LogP contribution in [0.3, 0.4) is 0 Å². The number of carbonyl (C=O) groups is 1. The van der Waals surface area contributed by atoms with Crippen LogP contribution in [0.25, 0.3) is 0 Å². The van der Waals surface area contributed by atoms with Crippen LogP contribution in [0.5, 0.6) is 0 Å². The molecule has 1 heterocycles. The molecule has 0 amide bonds. The number of aliphatic carboxylic acids is 1. The number of rotatable bonds is 2. The molecule has 82 valence electrons. The first kappa shape index (κ1) is 11.4. The van der Waals surface area contributed by atoms with E-state index in [-0.39, 0.29) is 4.57 Å². The van der Waals surface area contributed by atoms with Crippen LogP contribution in [0.1, 0.15) is 5.56 Å². The van der Waals surface area contributed by atoms with Gasteiger partial charge in [0.2, 0.25) is 11.6 Å². The fraction of sp³-hybridized carbons (Fsp3) is 0.250. The van der Waals surface area contributed by atoms with Gasteiger partial charge in [-0.2, -0.15) is 8.78 Å². The van der Waals surface area contributed by atoms with E-state index in [4.69, 9.17) is 5.11 Å². The number of carboxylic acid groups (broad SMARTS) is 1. The topological polar surface area (TPSA) is 41.2 Å². The highest BCUT2D eigenvalue weighted by Crippen LogP contribution is 2.13. The van der Waals surface area contributed by atoms with Crippen LogP contribution in [-0.2, 0) is 11.3 Å². The lowest BCUT2D eigenvalue weighted by Gasteiger charge is -2.01. The van der Waals surface area contributed by atoms with Crippen LogP contribution in [0.2, 0.25) is 0 Å². The van der Waals surface area contributed by atoms with Crippen molar-refractivity contribution in [2.75, 3.05) is 0 Å². The van der Waals surface area contributed by atoms with Crippen LogP contribution in [0.4, 0.5) is 17.6 Å². The second-order valence-corrected chi connectivity index (χ2v) is 2.81. The van der Waals surface area contributed by atoms with Crippen molar-refractivity contribution in [1.82, 2.24) is 0 Å². The molecule has 1 aromatic heterocycles. The predicted molar refractivity (Wildman–Crippen MR) is 38.8 cm³/mol. The molecule has 0 saturated heterocycles. The summed E-state index contributed by atoms with van der Waals surface area (Å²) < 4.78 is 51.5. The fourth-order valence-corrected chi connectivity index (χ4v) is 1.00. The van der Waals surface area contributed by atoms with E-state index in [1.165, 1.54) is 0 Å². The van der Waals surface area contributed by atoms with Crippen molar-refractivity contribution in [3.05, 3.63) is 29.1 Å². The highest BCUT2D eigenvalue weighted by atomic mass is 19.2. The lowest BCUT2D eigenvalue weighted by Crippen LogP contribution is -2.47. The monoisotopic (exact) mass is 224 g/mol. The van der Waals surface area contributed by atoms with Gasteiger partial charge in [0.1, 0.15) is 0 Å². The summed E-state index contributed by atoms with van der Waals surface area (Å²) in [5.41, 5.74) is -0.827. The predicted octanol–water partition coefficient (Wildman–Crippen LogP) is 0.924. The Morgan fingerprint density at radius 2 is 1.60 bits per heavy atom. The molecule has 0 fully saturated rings. The van der Waals surface area contributed by atoms with Crippen molar-refractivity contribution >= 4 is 5.97 Å². The van der Waals surface area contributed by atoms with Crippen molar-refractivity contribution in [1.29, 1.82) is 0 Å². The summed E-state index contributed by atoms with van der Waals surface area (Å²) >= 11 is 0. The lowest BCUT2D eigenvalue weighted by molar-refractivity contribution is -0.743. The smallest absolute Gasteiger partial charge is 0.399 e. The summed E-state index contributed by atoms with van der Waals surface area (Å²) in [5.74, 6) is -8.30. The van der Waals surface area contributed by atoms with Gasteiger partial charge in [-0.15, -0.1) is 13.3 Å². The standard InChI is InChI=1S/C8H5F4NO2/c1-3-5(9)7(11)13(2-4(14)15)8(12)6(3)10/h2H2,1H3/p+1. The molecule has 1 rings (SSSR count). The Hall–Kier alpha value is -1.66. The molecule has 7 heteroatoms. The molecule has 0 unspecified atom stereocenters. The number of pyridine rings is 1. The minimum Gasteiger partial charge on any atom is -0.477 e. The zero-order valence-corrected chi connectivity index (χ0v) is 7.52. The number of carboxylic acids is 1. The van der Waals surface area contributed by atoms with E-state index in [0.29, 0.717) is 0 Å². The SMILES string of the molecule is Cc1c(F)c(F)[n+](CC(=O)O)c(F)c1F. The second kappa shape index (κ2) is 3.84. The summed E-state index contributed by atoms with van der Waals surface area (Å²) in [6.07, 6.45) is 0. The lowest BCUT2D eigenvalue weighted by atomic mass is 10.2. The van der Waals surface area contributed by atoms with Gasteiger partial charge in [-0.05, 0) is 6.92 Å². The Morgan fingerprint density at radius 1 is 1.20 bits per heavy atom. The molecule has 0 aliphatic carbocycles. The molecule has 0 saturated carbocycles. The maximum atomic E-state index is 13.0. The van der Waals surface area contributed by atoms with Crippen LogP contribution < -0.4 is 4.57 Å². The molecule has 15 heavy (non-hydrogen) atoms. The average molecular weight is 224 g/mol. The van der Waals surface area contributed by atoms with Gasteiger partial charge in [0, 0.05) is 5.56 Å². The molecule has 0 spiro atoms. The Labute approximate surface area is 81.6 Å². The zero-order valence-electron chi connectivity index (χ0n) is 7.52. The third-order valence-electron chi connectivity index (χ3n) is 1.79. The van der Waals surface area contributed by atoms with Crippen LogP contribution in [-0.4, -0.2) is 11.1 Å². The summed E-state index contributed by atoms with van der Waals surface area (Å²) in [4.78, 5) is 10.2. The van der Waals surface area contributed by atoms with E-state index in [1.807, 2.05) is 0 Å². The molecule has 1 aromatic rings. The fourth-order valence-electron chi connectivity index (χ4n) is 1.00. The van der Waals surface area contributed by atoms with E-state index in [1.54, 1.807) is 0 Å². The Morgan fingerprint density at radius 3 is 1.93 bits per heavy atom. The molecule has 0 aromatic carbocycles. The van der Waals surface area contributed by atoms with Crippen molar-refractivity contribution in [3.63, 3.8) is 0 Å². The van der Waals surface area contributed by atoms with Crippen LogP contribution in [0, 0.1) is 30.5 Å². The minimum atomic E-state index is -1.74. The highest BCUT2D eigenvalue weighted by molar-refractivity contribution is 5.64. The van der Waals surface area contributed by atoms with E-state index in [2.05, 4.69) is 0 Å². The van der Waals surface area contributed by atoms with E-state index < -0.39 is 41.6 Å². The maximum absolute atomic E-state index is 13.0. The quantitative estimate of drug-likeness (QED) is 0.461. The van der Waals surface area contributed by atoms with Gasteiger partial charge in [-0.1, -0.05) is 0 Å². The normalized spacial score (nSPS) is 10.5. The number of halogens is 4. The van der Waals surface area contributed by atoms with Crippen LogP contribution >= 0.6 is 0 Å². The van der Waals surface area contributed by atoms with Gasteiger partial charge < -0.3 is 5.11 Å². The third kappa shape index (κ3) is 1.90. The minimum absolute atomic E-state index is 0.222. The second-order valence-electron chi connectivity index (χ2n) is 2.81. The van der Waals surface area contributed by atoms with Gasteiger partial charge >= 0.3 is 17.9 Å². The summed E-state index contributed by atoms with van der Waals surface area (Å²) in [5, 5.41) is 8.27. The molecule has 0 atom stereocenters. The van der Waals surface area contributed by atoms with Crippen LogP contribution in [0.15, 0.2) is 0 Å². The third-order valence-corrected chi connectivity index (χ3v) is 1.79. The molecule has 0 bridgehead atoms. The Bertz CT molecular complexity index is 404. The zero-order chi connectivity index (χ0) is 11.7. The first-order valence-corrected chi connectivity index (χ1v) is 3.80. The van der Waals surface area contributed by atoms with Crippen molar-refractivity contribution in [2.24, 2.45) is 0 Å². The van der Waals surface area contributed by atoms with Crippen molar-refractivity contribution < 1.29 is 32.0 Å². The number of hydrogen-bond acceptors (Lipinski definition) is 1. The number of aromatic nitrogens is 1. The number of hydrogen-bond donors (Lipinski definition) is 1. The van der Waals surface area contributed by atoms with Gasteiger partial charge in [0.25, 0.3) is 6.54 Å². The molecule has 0 radical (unpaired) electrons. The summed E-state index contributed by atoms with van der Waals surface area (Å²) in [7, 11) is 0. The maximum Gasteiger partial charge on any atom is 0.399 e. The molecular weight excluding hydrogens is 218 g/mol. The largest absolute Gasteiger partial charge is 0.477 e. The van der Waals surface area contributed by atoms with Gasteiger partial charge in [0.15, 0.2) is 0 Å². The summed E-state index contributed by atoms with van der Waals surface area (Å²) in [6, 6.07) is 0. The van der Waals surface area contributed by atoms with E-state index in [0.717, 1.165) is 6.92 Å². The Kier molecular flexibility index (Phi) is 2.92. The van der Waals surface area contributed by atoms with E-state index >= 15 is 0 Å². The molecule has 0 aliphatic rings. The van der Waals surface area contributed by atoms with Gasteiger partial charge in [-0.3, -0.25) is 0 Å². The molecular formula is C8H6F4NO2+. The number of nitrogens with zero attached hydrogens (tertiary/aromatic N) is 1. The van der Waals surface area contributed by atoms with Crippen molar-refractivity contribution in [3.8, 4) is 0 Å². The first-order valence-electron chi connectivity index (χ1n) is 3.80. The first-order chi connectivity index (χ1) is 6.86. The van der Waals surface area contributed by atoms with Gasteiger partial charge in [0.05, 0.1) is 0 Å². The van der Waals surface area contributed by atoms with Crippen molar-refractivity contribution in [2.45, 2.75) is 13.5 Å². The Balaban J connectivity index is 3.45. The van der Waals surface area contributed by atoms with Gasteiger partial charge in [-0.25, -0.2) is 4.79 Å². The van der Waals surface area contributed by atoms with E-state index in [9.17, 15) is 22.4 Å². The molecule has 0 aliphatic heterocycles. The molecule has 3 nitrogen and oxygen atoms in total. The molecule has 1 N–H and O–H groups in total.